The average Bonchev–Trinajstić information content (AvgIpc) is 2.63. The predicted molar refractivity (Wildman–Crippen MR) is 76.4 cm³/mol. The van der Waals surface area contributed by atoms with Gasteiger partial charge in [-0.15, -0.1) is 0 Å². The first-order valence-electron chi connectivity index (χ1n) is 7.39. The fraction of sp³-hybridized carbons (Fsp3) is 0.867. The average molecular weight is 282 g/mol. The lowest BCUT2D eigenvalue weighted by Crippen LogP contribution is -2.57. The van der Waals surface area contributed by atoms with Gasteiger partial charge in [-0.2, -0.15) is 0 Å². The molecule has 5 heteroatoms. The summed E-state index contributed by atoms with van der Waals surface area (Å²) >= 11 is 0. The van der Waals surface area contributed by atoms with Crippen LogP contribution in [-0.2, 0) is 4.79 Å². The zero-order valence-electron chi connectivity index (χ0n) is 12.9. The minimum Gasteiger partial charge on any atom is -0.481 e. The Morgan fingerprint density at radius 2 is 1.70 bits per heavy atom. The van der Waals surface area contributed by atoms with E-state index in [9.17, 15) is 9.59 Å². The van der Waals surface area contributed by atoms with E-state index in [-0.39, 0.29) is 23.3 Å². The van der Waals surface area contributed by atoms with Gasteiger partial charge >= 0.3 is 12.0 Å². The number of carbonyl (C=O) groups excluding carboxylic acids is 1. The van der Waals surface area contributed by atoms with Crippen LogP contribution < -0.4 is 10.6 Å². The molecule has 0 spiro atoms. The molecule has 0 bridgehead atoms. The topological polar surface area (TPSA) is 78.4 Å². The predicted octanol–water partition coefficient (Wildman–Crippen LogP) is 2.37. The maximum atomic E-state index is 12.0. The molecule has 0 unspecified atom stereocenters. The molecule has 5 nitrogen and oxygen atoms in total. The van der Waals surface area contributed by atoms with Crippen LogP contribution >= 0.6 is 0 Å². The SMILES string of the molecule is CC1(C)C(CNC(=O)NC2(CC(=O)O)CCC2)C1(C)C. The van der Waals surface area contributed by atoms with Gasteiger partial charge in [0.05, 0.1) is 12.0 Å². The van der Waals surface area contributed by atoms with Crippen LogP contribution in [0.3, 0.4) is 0 Å². The minimum atomic E-state index is -0.852. The van der Waals surface area contributed by atoms with Crippen molar-refractivity contribution in [1.82, 2.24) is 10.6 Å². The number of amides is 2. The van der Waals surface area contributed by atoms with E-state index >= 15 is 0 Å². The van der Waals surface area contributed by atoms with Crippen molar-refractivity contribution < 1.29 is 14.7 Å². The molecule has 2 aliphatic rings. The molecule has 2 amide bonds. The Morgan fingerprint density at radius 3 is 2.05 bits per heavy atom. The number of hydrogen-bond donors (Lipinski definition) is 3. The standard InChI is InChI=1S/C15H26N2O3/c1-13(2)10(14(13,3)4)9-16-12(20)17-15(6-5-7-15)8-11(18)19/h10H,5-9H2,1-4H3,(H,18,19)(H2,16,17,20). The monoisotopic (exact) mass is 282 g/mol. The molecule has 0 saturated heterocycles. The van der Waals surface area contributed by atoms with Crippen LogP contribution in [0.25, 0.3) is 0 Å². The molecule has 2 rings (SSSR count). The minimum absolute atomic E-state index is 0.0147. The van der Waals surface area contributed by atoms with Gasteiger partial charge in [-0.1, -0.05) is 27.7 Å². The second-order valence-corrected chi connectivity index (χ2v) is 7.54. The molecule has 0 aromatic carbocycles. The van der Waals surface area contributed by atoms with Gasteiger partial charge < -0.3 is 15.7 Å². The second kappa shape index (κ2) is 4.64. The first-order valence-corrected chi connectivity index (χ1v) is 7.39. The number of rotatable bonds is 5. The molecule has 20 heavy (non-hydrogen) atoms. The van der Waals surface area contributed by atoms with E-state index in [0.717, 1.165) is 19.3 Å². The molecule has 0 aliphatic heterocycles. The fourth-order valence-corrected chi connectivity index (χ4v) is 3.56. The van der Waals surface area contributed by atoms with Crippen LogP contribution in [0.1, 0.15) is 53.4 Å². The zero-order valence-corrected chi connectivity index (χ0v) is 12.9. The molecule has 0 aromatic heterocycles. The normalized spacial score (nSPS) is 25.4. The second-order valence-electron chi connectivity index (χ2n) is 7.54. The summed E-state index contributed by atoms with van der Waals surface area (Å²) in [4.78, 5) is 22.8. The van der Waals surface area contributed by atoms with Crippen molar-refractivity contribution in [3.8, 4) is 0 Å². The summed E-state index contributed by atoms with van der Waals surface area (Å²) in [6, 6.07) is -0.232. The van der Waals surface area contributed by atoms with Crippen LogP contribution in [0, 0.1) is 16.7 Å². The van der Waals surface area contributed by atoms with Gasteiger partial charge in [0.1, 0.15) is 0 Å². The van der Waals surface area contributed by atoms with Gasteiger partial charge in [-0.25, -0.2) is 4.79 Å². The Balaban J connectivity index is 1.80. The molecule has 0 heterocycles. The van der Waals surface area contributed by atoms with Gasteiger partial charge in [-0.05, 0) is 36.0 Å². The Morgan fingerprint density at radius 1 is 1.15 bits per heavy atom. The summed E-state index contributed by atoms with van der Waals surface area (Å²) in [5.74, 6) is -0.382. The quantitative estimate of drug-likeness (QED) is 0.724. The Bertz CT molecular complexity index is 411. The smallest absolute Gasteiger partial charge is 0.315 e. The van der Waals surface area contributed by atoms with Crippen LogP contribution in [0.15, 0.2) is 0 Å². The van der Waals surface area contributed by atoms with Gasteiger partial charge in [0.15, 0.2) is 0 Å². The summed E-state index contributed by atoms with van der Waals surface area (Å²) < 4.78 is 0. The maximum Gasteiger partial charge on any atom is 0.315 e. The Labute approximate surface area is 120 Å². The number of hydrogen-bond acceptors (Lipinski definition) is 2. The van der Waals surface area contributed by atoms with Crippen LogP contribution in [-0.4, -0.2) is 29.2 Å². The van der Waals surface area contributed by atoms with E-state index in [2.05, 4.69) is 38.3 Å². The summed E-state index contributed by atoms with van der Waals surface area (Å²) in [7, 11) is 0. The number of carboxylic acids is 1. The summed E-state index contributed by atoms with van der Waals surface area (Å²) in [6.07, 6.45) is 2.51. The highest BCUT2D eigenvalue weighted by atomic mass is 16.4. The van der Waals surface area contributed by atoms with Gasteiger partial charge in [0.2, 0.25) is 0 Å². The van der Waals surface area contributed by atoms with E-state index < -0.39 is 11.5 Å². The highest BCUT2D eigenvalue weighted by molar-refractivity contribution is 5.77. The highest BCUT2D eigenvalue weighted by Gasteiger charge is 2.64. The molecule has 0 atom stereocenters. The van der Waals surface area contributed by atoms with Crippen LogP contribution in [0.4, 0.5) is 4.79 Å². The maximum absolute atomic E-state index is 12.0. The van der Waals surface area contributed by atoms with E-state index in [1.165, 1.54) is 0 Å². The summed E-state index contributed by atoms with van der Waals surface area (Å²) in [5.41, 5.74) is -0.0322. The lowest BCUT2D eigenvalue weighted by Gasteiger charge is -2.41. The van der Waals surface area contributed by atoms with E-state index in [1.807, 2.05) is 0 Å². The molecule has 2 saturated carbocycles. The lowest BCUT2D eigenvalue weighted by atomic mass is 9.74. The highest BCUT2D eigenvalue weighted by Crippen LogP contribution is 2.67. The molecule has 3 N–H and O–H groups in total. The summed E-state index contributed by atoms with van der Waals surface area (Å²) in [6.45, 7) is 9.52. The number of carbonyl (C=O) groups is 2. The molecular weight excluding hydrogens is 256 g/mol. The van der Waals surface area contributed by atoms with Crippen molar-refractivity contribution in [2.24, 2.45) is 16.7 Å². The van der Waals surface area contributed by atoms with Crippen molar-refractivity contribution in [2.45, 2.75) is 58.9 Å². The fourth-order valence-electron chi connectivity index (χ4n) is 3.56. The van der Waals surface area contributed by atoms with Crippen molar-refractivity contribution in [3.05, 3.63) is 0 Å². The summed E-state index contributed by atoms with van der Waals surface area (Å²) in [5, 5.41) is 14.7. The molecule has 114 valence electrons. The molecule has 0 aromatic rings. The van der Waals surface area contributed by atoms with Crippen molar-refractivity contribution >= 4 is 12.0 Å². The molecular formula is C15H26N2O3. The largest absolute Gasteiger partial charge is 0.481 e. The van der Waals surface area contributed by atoms with Gasteiger partial charge in [0, 0.05) is 6.54 Å². The lowest BCUT2D eigenvalue weighted by molar-refractivity contribution is -0.139. The number of aliphatic carboxylic acids is 1. The van der Waals surface area contributed by atoms with E-state index in [1.54, 1.807) is 0 Å². The van der Waals surface area contributed by atoms with Gasteiger partial charge in [0.25, 0.3) is 0 Å². The molecule has 0 radical (unpaired) electrons. The number of nitrogens with one attached hydrogen (secondary N) is 2. The van der Waals surface area contributed by atoms with Crippen LogP contribution in [0.5, 0.6) is 0 Å². The van der Waals surface area contributed by atoms with Crippen molar-refractivity contribution in [2.75, 3.05) is 6.54 Å². The number of carboxylic acid groups (broad SMARTS) is 1. The third-order valence-corrected chi connectivity index (χ3v) is 5.97. The molecule has 2 aliphatic carbocycles. The Kier molecular flexibility index (Phi) is 3.51. The van der Waals surface area contributed by atoms with Crippen LogP contribution in [0.2, 0.25) is 0 Å². The van der Waals surface area contributed by atoms with E-state index in [4.69, 9.17) is 5.11 Å². The first-order chi connectivity index (χ1) is 9.11. The third-order valence-electron chi connectivity index (χ3n) is 5.97. The van der Waals surface area contributed by atoms with Crippen molar-refractivity contribution in [1.29, 1.82) is 0 Å². The van der Waals surface area contributed by atoms with E-state index in [0.29, 0.717) is 12.5 Å². The van der Waals surface area contributed by atoms with Gasteiger partial charge in [-0.3, -0.25) is 4.79 Å². The number of urea groups is 1. The first kappa shape index (κ1) is 15.1. The zero-order chi connectivity index (χ0) is 15.2. The molecule has 2 fully saturated rings. The third kappa shape index (κ3) is 2.50. The van der Waals surface area contributed by atoms with Crippen molar-refractivity contribution in [3.63, 3.8) is 0 Å². The Hall–Kier alpha value is -1.26.